The molecule has 0 fully saturated rings. The number of fused-ring (bicyclic) bond motifs is 4. The van der Waals surface area contributed by atoms with Crippen molar-refractivity contribution in [3.8, 4) is 11.5 Å². The number of ether oxygens (including phenoxy) is 1. The van der Waals surface area contributed by atoms with Crippen LogP contribution in [0.15, 0.2) is 51.9 Å². The second kappa shape index (κ2) is 3.45. The third-order valence-corrected chi connectivity index (χ3v) is 4.78. The van der Waals surface area contributed by atoms with Gasteiger partial charge in [0.1, 0.15) is 18.3 Å². The molecule has 0 radical (unpaired) electrons. The van der Waals surface area contributed by atoms with Crippen LogP contribution in [0.25, 0.3) is 0 Å². The molecule has 0 N–H and O–H groups in total. The van der Waals surface area contributed by atoms with Crippen molar-refractivity contribution in [2.45, 2.75) is 19.3 Å². The van der Waals surface area contributed by atoms with Gasteiger partial charge in [-0.3, -0.25) is 0 Å². The lowest BCUT2D eigenvalue weighted by Gasteiger charge is -2.36. The van der Waals surface area contributed by atoms with Crippen LogP contribution >= 0.6 is 0 Å². The van der Waals surface area contributed by atoms with Crippen LogP contribution in [0.2, 0.25) is 0 Å². The Morgan fingerprint density at radius 2 is 1.81 bits per heavy atom. The lowest BCUT2D eigenvalue weighted by Crippen LogP contribution is -2.61. The molecule has 102 valence electrons. The summed E-state index contributed by atoms with van der Waals surface area (Å²) in [5.74, 6) is 2.59. The fourth-order valence-corrected chi connectivity index (χ4v) is 3.81. The lowest BCUT2D eigenvalue weighted by atomic mass is 9.32. The molecular weight excluding hydrogens is 263 g/mol. The molecule has 21 heavy (non-hydrogen) atoms. The van der Waals surface area contributed by atoms with Gasteiger partial charge in [0, 0.05) is 16.3 Å². The smallest absolute Gasteiger partial charge is 0.260 e. The summed E-state index contributed by atoms with van der Waals surface area (Å²) in [6.45, 7) is 4.54. The molecular formula is C17H13BO3. The fraction of sp³-hybridized carbons (Fsp3) is 0.176. The Bertz CT molecular complexity index is 872. The zero-order chi connectivity index (χ0) is 14.2. The van der Waals surface area contributed by atoms with Crippen LogP contribution in [0.4, 0.5) is 0 Å². The molecule has 2 aliphatic rings. The van der Waals surface area contributed by atoms with Gasteiger partial charge < -0.3 is 13.6 Å². The van der Waals surface area contributed by atoms with Crippen LogP contribution in [-0.2, 0) is 5.41 Å². The normalized spacial score (nSPS) is 16.8. The lowest BCUT2D eigenvalue weighted by molar-refractivity contribution is 0.421. The van der Waals surface area contributed by atoms with Gasteiger partial charge >= 0.3 is 0 Å². The Morgan fingerprint density at radius 1 is 0.952 bits per heavy atom. The zero-order valence-electron chi connectivity index (χ0n) is 11.8. The van der Waals surface area contributed by atoms with Gasteiger partial charge in [0.15, 0.2) is 11.5 Å². The number of hydrogen-bond acceptors (Lipinski definition) is 3. The number of benzene rings is 1. The summed E-state index contributed by atoms with van der Waals surface area (Å²) in [6, 6.07) is 8.57. The molecule has 0 spiro atoms. The molecule has 4 heterocycles. The molecule has 0 saturated carbocycles. The van der Waals surface area contributed by atoms with E-state index in [1.54, 1.807) is 18.8 Å². The predicted octanol–water partition coefficient (Wildman–Crippen LogP) is 2.13. The molecule has 2 aliphatic heterocycles. The highest BCUT2D eigenvalue weighted by Crippen LogP contribution is 2.39. The minimum atomic E-state index is -0.161. The summed E-state index contributed by atoms with van der Waals surface area (Å²) in [5, 5.41) is 0. The molecule has 4 heteroatoms. The highest BCUT2D eigenvalue weighted by atomic mass is 16.5. The molecule has 0 saturated heterocycles. The average molecular weight is 276 g/mol. The Kier molecular flexibility index (Phi) is 1.86. The van der Waals surface area contributed by atoms with Crippen molar-refractivity contribution in [3.63, 3.8) is 0 Å². The Morgan fingerprint density at radius 3 is 2.71 bits per heavy atom. The van der Waals surface area contributed by atoms with Crippen molar-refractivity contribution < 1.29 is 13.6 Å². The van der Waals surface area contributed by atoms with Crippen molar-refractivity contribution in [1.82, 2.24) is 0 Å². The summed E-state index contributed by atoms with van der Waals surface area (Å²) in [4.78, 5) is 0. The number of furan rings is 2. The van der Waals surface area contributed by atoms with Crippen LogP contribution < -0.4 is 21.1 Å². The van der Waals surface area contributed by atoms with E-state index in [4.69, 9.17) is 13.6 Å². The van der Waals surface area contributed by atoms with Gasteiger partial charge in [0.05, 0.1) is 6.26 Å². The van der Waals surface area contributed by atoms with E-state index in [2.05, 4.69) is 38.1 Å². The fourth-order valence-electron chi connectivity index (χ4n) is 3.81. The highest BCUT2D eigenvalue weighted by molar-refractivity contribution is 6.97. The molecule has 1 aromatic carbocycles. The first-order valence-electron chi connectivity index (χ1n) is 7.13. The van der Waals surface area contributed by atoms with Gasteiger partial charge in [-0.2, -0.15) is 0 Å². The third kappa shape index (κ3) is 1.21. The van der Waals surface area contributed by atoms with Gasteiger partial charge in [0.2, 0.25) is 0 Å². The van der Waals surface area contributed by atoms with Crippen LogP contribution in [0.1, 0.15) is 25.2 Å². The first-order valence-corrected chi connectivity index (χ1v) is 7.13. The Hall–Kier alpha value is -2.36. The second-order valence-corrected chi connectivity index (χ2v) is 6.28. The maximum atomic E-state index is 5.93. The van der Waals surface area contributed by atoms with E-state index in [9.17, 15) is 0 Å². The summed E-state index contributed by atoms with van der Waals surface area (Å²) >= 11 is 0. The monoisotopic (exact) mass is 276 g/mol. The maximum Gasteiger partial charge on any atom is 0.260 e. The largest absolute Gasteiger partial charge is 0.469 e. The van der Waals surface area contributed by atoms with Gasteiger partial charge in [0.25, 0.3) is 6.71 Å². The van der Waals surface area contributed by atoms with E-state index < -0.39 is 0 Å². The van der Waals surface area contributed by atoms with E-state index in [1.165, 1.54) is 11.0 Å². The summed E-state index contributed by atoms with van der Waals surface area (Å²) in [7, 11) is 0. The van der Waals surface area contributed by atoms with E-state index in [-0.39, 0.29) is 12.1 Å². The minimum Gasteiger partial charge on any atom is -0.469 e. The SMILES string of the molecule is CC1(C)c2ccccc2B2c3cocc3Oc3coc1c32. The maximum absolute atomic E-state index is 5.93. The van der Waals surface area contributed by atoms with Crippen molar-refractivity contribution in [1.29, 1.82) is 0 Å². The van der Waals surface area contributed by atoms with Crippen molar-refractivity contribution >= 4 is 23.1 Å². The molecule has 3 aromatic rings. The molecule has 2 aromatic heterocycles. The minimum absolute atomic E-state index is 0.139. The van der Waals surface area contributed by atoms with Gasteiger partial charge in [-0.1, -0.05) is 29.7 Å². The highest BCUT2D eigenvalue weighted by Gasteiger charge is 2.48. The molecule has 0 bridgehead atoms. The summed E-state index contributed by atoms with van der Waals surface area (Å²) < 4.78 is 17.2. The first-order chi connectivity index (χ1) is 10.2. The van der Waals surface area contributed by atoms with Crippen molar-refractivity contribution in [2.75, 3.05) is 0 Å². The summed E-state index contributed by atoms with van der Waals surface area (Å²) in [6.07, 6.45) is 5.17. The molecule has 3 nitrogen and oxygen atoms in total. The van der Waals surface area contributed by atoms with Crippen LogP contribution in [-0.4, -0.2) is 6.71 Å². The zero-order valence-corrected chi connectivity index (χ0v) is 11.8. The Labute approximate surface area is 122 Å². The number of hydrogen-bond donors (Lipinski definition) is 0. The molecule has 5 rings (SSSR count). The second-order valence-electron chi connectivity index (χ2n) is 6.28. The van der Waals surface area contributed by atoms with Crippen molar-refractivity contribution in [2.24, 2.45) is 0 Å². The standard InChI is InChI=1S/C17H13BO3/c1-17(2)10-5-3-4-6-11(10)18-12-7-19-8-13(12)21-14-9-20-16(17)15(14)18/h3-9H,1-2H3. The van der Waals surface area contributed by atoms with Gasteiger partial charge in [-0.15, -0.1) is 0 Å². The first kappa shape index (κ1) is 11.3. The van der Waals surface area contributed by atoms with Crippen LogP contribution in [0.3, 0.4) is 0 Å². The van der Waals surface area contributed by atoms with Gasteiger partial charge in [-0.25, -0.2) is 0 Å². The number of rotatable bonds is 0. The average Bonchev–Trinajstić information content (AvgIpc) is 3.10. The van der Waals surface area contributed by atoms with E-state index >= 15 is 0 Å². The molecule has 0 atom stereocenters. The van der Waals surface area contributed by atoms with Gasteiger partial charge in [-0.05, 0) is 19.4 Å². The van der Waals surface area contributed by atoms with E-state index in [1.807, 2.05) is 0 Å². The van der Waals surface area contributed by atoms with E-state index in [0.29, 0.717) is 0 Å². The van der Waals surface area contributed by atoms with Crippen LogP contribution in [0, 0.1) is 0 Å². The third-order valence-electron chi connectivity index (χ3n) is 4.78. The summed E-state index contributed by atoms with van der Waals surface area (Å²) in [5.41, 5.74) is 4.67. The molecule has 0 aliphatic carbocycles. The predicted molar refractivity (Wildman–Crippen MR) is 80.7 cm³/mol. The molecule has 0 unspecified atom stereocenters. The molecule has 0 amide bonds. The van der Waals surface area contributed by atoms with Crippen molar-refractivity contribution in [3.05, 3.63) is 54.4 Å². The quantitative estimate of drug-likeness (QED) is 0.461. The van der Waals surface area contributed by atoms with E-state index in [0.717, 1.165) is 28.2 Å². The topological polar surface area (TPSA) is 35.5 Å². The van der Waals surface area contributed by atoms with Crippen LogP contribution in [0.5, 0.6) is 11.5 Å². The Balaban J connectivity index is 1.92.